The summed E-state index contributed by atoms with van der Waals surface area (Å²) < 4.78 is 5.41. The van der Waals surface area contributed by atoms with Gasteiger partial charge in [-0.15, -0.1) is 0 Å². The molecule has 1 rings (SSSR count). The fourth-order valence-electron chi connectivity index (χ4n) is 5.16. The molecule has 0 spiro atoms. The van der Waals surface area contributed by atoms with E-state index in [9.17, 15) is 4.79 Å². The second-order valence-corrected chi connectivity index (χ2v) is 10.6. The lowest BCUT2D eigenvalue weighted by Gasteiger charge is -2.46. The molecule has 0 radical (unpaired) electrons. The van der Waals surface area contributed by atoms with Crippen LogP contribution in [0.3, 0.4) is 0 Å². The number of nitrogens with one attached hydrogen (secondary N) is 1. The Hall–Kier alpha value is -0.610. The van der Waals surface area contributed by atoms with Gasteiger partial charge in [-0.2, -0.15) is 0 Å². The van der Waals surface area contributed by atoms with Crippen LogP contribution in [0.1, 0.15) is 118 Å². The van der Waals surface area contributed by atoms with Crippen molar-refractivity contribution in [2.45, 2.75) is 124 Å². The lowest BCUT2D eigenvalue weighted by molar-refractivity contribution is -0.143. The van der Waals surface area contributed by atoms with Gasteiger partial charge in [-0.05, 0) is 43.1 Å². The van der Waals surface area contributed by atoms with E-state index in [1.807, 2.05) is 0 Å². The summed E-state index contributed by atoms with van der Waals surface area (Å²) in [5.74, 6) is -0.0647. The second-order valence-electron chi connectivity index (χ2n) is 10.6. The van der Waals surface area contributed by atoms with Crippen LogP contribution in [-0.4, -0.2) is 31.7 Å². The lowest BCUT2D eigenvalue weighted by atomic mass is 9.62. The highest BCUT2D eigenvalue weighted by molar-refractivity contribution is 5.69. The van der Waals surface area contributed by atoms with Crippen LogP contribution in [-0.2, 0) is 9.53 Å². The number of unbranched alkanes of at least 4 members (excludes halogenated alkanes) is 9. The zero-order chi connectivity index (χ0) is 21.6. The molecule has 29 heavy (non-hydrogen) atoms. The third-order valence-corrected chi connectivity index (χ3v) is 6.46. The minimum atomic E-state index is -0.0647. The average Bonchev–Trinajstić information content (AvgIpc) is 2.64. The molecule has 3 N–H and O–H groups in total. The second kappa shape index (κ2) is 14.4. The maximum absolute atomic E-state index is 12.0. The smallest absolute Gasteiger partial charge is 0.307 e. The van der Waals surface area contributed by atoms with E-state index < -0.39 is 0 Å². The molecule has 0 heterocycles. The van der Waals surface area contributed by atoms with Crippen molar-refractivity contribution in [2.24, 2.45) is 16.6 Å². The molecule has 0 aromatic heterocycles. The van der Waals surface area contributed by atoms with Gasteiger partial charge < -0.3 is 15.8 Å². The molecule has 172 valence electrons. The molecule has 1 fully saturated rings. The largest absolute Gasteiger partial charge is 0.466 e. The summed E-state index contributed by atoms with van der Waals surface area (Å²) in [4.78, 5) is 12.0. The maximum Gasteiger partial charge on any atom is 0.307 e. The fraction of sp³-hybridized carbons (Fsp3) is 0.960. The molecule has 2 unspecified atom stereocenters. The number of carbonyl (C=O) groups is 1. The molecular weight excluding hydrogens is 360 g/mol. The van der Waals surface area contributed by atoms with Crippen molar-refractivity contribution in [3.05, 3.63) is 0 Å². The van der Waals surface area contributed by atoms with Crippen molar-refractivity contribution < 1.29 is 9.53 Å². The van der Waals surface area contributed by atoms with Gasteiger partial charge >= 0.3 is 5.97 Å². The molecule has 0 aromatic rings. The Labute approximate surface area is 181 Å². The van der Waals surface area contributed by atoms with Crippen LogP contribution in [0.15, 0.2) is 0 Å². The Balaban J connectivity index is 2.00. The van der Waals surface area contributed by atoms with E-state index in [0.717, 1.165) is 25.8 Å². The summed E-state index contributed by atoms with van der Waals surface area (Å²) in [7, 11) is 0. The highest BCUT2D eigenvalue weighted by atomic mass is 16.5. The van der Waals surface area contributed by atoms with E-state index in [-0.39, 0.29) is 11.4 Å². The van der Waals surface area contributed by atoms with Crippen molar-refractivity contribution in [2.75, 3.05) is 19.7 Å². The quantitative estimate of drug-likeness (QED) is 0.243. The van der Waals surface area contributed by atoms with Gasteiger partial charge in [-0.25, -0.2) is 0 Å². The molecule has 4 heteroatoms. The van der Waals surface area contributed by atoms with E-state index >= 15 is 0 Å². The fourth-order valence-corrected chi connectivity index (χ4v) is 5.16. The van der Waals surface area contributed by atoms with Gasteiger partial charge in [0.15, 0.2) is 0 Å². The molecular formula is C25H50N2O2. The molecule has 0 bridgehead atoms. The SMILES string of the molecule is CCCCCCCCCCCCOC(=O)CCNC1CC(C)(C)CC(C)(CN)C1. The Morgan fingerprint density at radius 2 is 1.55 bits per heavy atom. The summed E-state index contributed by atoms with van der Waals surface area (Å²) >= 11 is 0. The minimum absolute atomic E-state index is 0.0647. The number of nitrogens with two attached hydrogens (primary N) is 1. The van der Waals surface area contributed by atoms with Crippen LogP contribution >= 0.6 is 0 Å². The summed E-state index contributed by atoms with van der Waals surface area (Å²) in [5, 5.41) is 3.58. The van der Waals surface area contributed by atoms with Crippen LogP contribution < -0.4 is 11.1 Å². The zero-order valence-electron chi connectivity index (χ0n) is 20.0. The van der Waals surface area contributed by atoms with Gasteiger partial charge in [-0.1, -0.05) is 85.5 Å². The molecule has 1 saturated carbocycles. The molecule has 1 aliphatic carbocycles. The van der Waals surface area contributed by atoms with Crippen molar-refractivity contribution in [1.82, 2.24) is 5.32 Å². The molecule has 0 aliphatic heterocycles. The predicted molar refractivity (Wildman–Crippen MR) is 124 cm³/mol. The van der Waals surface area contributed by atoms with Gasteiger partial charge in [0, 0.05) is 12.6 Å². The first-order valence-corrected chi connectivity index (χ1v) is 12.4. The number of esters is 1. The van der Waals surface area contributed by atoms with Crippen molar-refractivity contribution >= 4 is 5.97 Å². The van der Waals surface area contributed by atoms with Gasteiger partial charge in [0.2, 0.25) is 0 Å². The normalized spacial score (nSPS) is 23.8. The molecule has 1 aliphatic rings. The van der Waals surface area contributed by atoms with Crippen LogP contribution in [0.2, 0.25) is 0 Å². The van der Waals surface area contributed by atoms with Gasteiger partial charge in [0.1, 0.15) is 0 Å². The zero-order valence-corrected chi connectivity index (χ0v) is 20.0. The molecule has 0 aromatic carbocycles. The predicted octanol–water partition coefficient (Wildman–Crippen LogP) is 5.97. The number of ether oxygens (including phenoxy) is 1. The Kier molecular flexibility index (Phi) is 13.1. The van der Waals surface area contributed by atoms with Gasteiger partial charge in [0.05, 0.1) is 13.0 Å². The highest BCUT2D eigenvalue weighted by Crippen LogP contribution is 2.45. The topological polar surface area (TPSA) is 64.3 Å². The first kappa shape index (κ1) is 26.4. The molecule has 0 saturated heterocycles. The van der Waals surface area contributed by atoms with Crippen molar-refractivity contribution in [3.63, 3.8) is 0 Å². The Morgan fingerprint density at radius 3 is 2.14 bits per heavy atom. The number of rotatable bonds is 16. The van der Waals surface area contributed by atoms with Crippen LogP contribution in [0, 0.1) is 10.8 Å². The highest BCUT2D eigenvalue weighted by Gasteiger charge is 2.40. The maximum atomic E-state index is 12.0. The third kappa shape index (κ3) is 12.6. The Morgan fingerprint density at radius 1 is 0.966 bits per heavy atom. The summed E-state index contributed by atoms with van der Waals surface area (Å²) in [6.07, 6.45) is 16.9. The van der Waals surface area contributed by atoms with E-state index in [0.29, 0.717) is 31.0 Å². The van der Waals surface area contributed by atoms with E-state index in [1.165, 1.54) is 64.2 Å². The van der Waals surface area contributed by atoms with Gasteiger partial charge in [0.25, 0.3) is 0 Å². The first-order chi connectivity index (χ1) is 13.8. The van der Waals surface area contributed by atoms with Gasteiger partial charge in [-0.3, -0.25) is 4.79 Å². The Bertz CT molecular complexity index is 439. The number of hydrogen-bond acceptors (Lipinski definition) is 4. The third-order valence-electron chi connectivity index (χ3n) is 6.46. The summed E-state index contributed by atoms with van der Waals surface area (Å²) in [6.45, 7) is 11.2. The standard InChI is InChI=1S/C25H50N2O2/c1-5-6-7-8-9-10-11-12-13-14-17-29-23(28)15-16-27-22-18-24(2,3)20-25(4,19-22)21-26/h22,27H,5-21,26H2,1-4H3. The average molecular weight is 411 g/mol. The van der Waals surface area contributed by atoms with Crippen LogP contribution in [0.5, 0.6) is 0 Å². The van der Waals surface area contributed by atoms with Crippen LogP contribution in [0.25, 0.3) is 0 Å². The monoisotopic (exact) mass is 410 g/mol. The molecule has 4 nitrogen and oxygen atoms in total. The summed E-state index contributed by atoms with van der Waals surface area (Å²) in [5.41, 5.74) is 6.54. The van der Waals surface area contributed by atoms with Crippen LogP contribution in [0.4, 0.5) is 0 Å². The summed E-state index contributed by atoms with van der Waals surface area (Å²) in [6, 6.07) is 0.446. The lowest BCUT2D eigenvalue weighted by Crippen LogP contribution is -2.48. The van der Waals surface area contributed by atoms with Crippen molar-refractivity contribution in [3.8, 4) is 0 Å². The number of hydrogen-bond donors (Lipinski definition) is 2. The minimum Gasteiger partial charge on any atom is -0.466 e. The van der Waals surface area contributed by atoms with Crippen molar-refractivity contribution in [1.29, 1.82) is 0 Å². The molecule has 0 amide bonds. The first-order valence-electron chi connectivity index (χ1n) is 12.4. The molecule has 2 atom stereocenters. The van der Waals surface area contributed by atoms with E-state index in [2.05, 4.69) is 33.0 Å². The number of carbonyl (C=O) groups excluding carboxylic acids is 1. The van der Waals surface area contributed by atoms with E-state index in [4.69, 9.17) is 10.5 Å². The van der Waals surface area contributed by atoms with E-state index in [1.54, 1.807) is 0 Å².